The molecule has 0 aliphatic heterocycles. The topological polar surface area (TPSA) is 222 Å². The molecule has 0 saturated heterocycles. The summed E-state index contributed by atoms with van der Waals surface area (Å²) in [5.41, 5.74) is 0. The molecule has 0 fully saturated rings. The van der Waals surface area contributed by atoms with Gasteiger partial charge in [0.25, 0.3) is 0 Å². The molecule has 0 spiro atoms. The van der Waals surface area contributed by atoms with Crippen molar-refractivity contribution < 1.29 is 117 Å². The van der Waals surface area contributed by atoms with Crippen molar-refractivity contribution in [2.75, 3.05) is 0 Å². The van der Waals surface area contributed by atoms with Crippen molar-refractivity contribution in [3.63, 3.8) is 0 Å². The summed E-state index contributed by atoms with van der Waals surface area (Å²) in [5.74, 6) is 0. The van der Waals surface area contributed by atoms with Crippen LogP contribution in [0, 0.1) is 0 Å². The molecule has 0 atom stereocenters. The fraction of sp³-hybridized carbons (Fsp3) is 0. The van der Waals surface area contributed by atoms with Crippen LogP contribution in [0.4, 0.5) is 0 Å². The van der Waals surface area contributed by atoms with Crippen LogP contribution in [0.5, 0.6) is 0 Å². The third-order valence-electron chi connectivity index (χ3n) is 0.200. The van der Waals surface area contributed by atoms with Crippen molar-refractivity contribution in [1.29, 1.82) is 0 Å². The molecule has 0 aromatic rings. The molecule has 0 aromatic carbocycles. The average Bonchev–Trinajstić information content (AvgIpc) is 1.42. The van der Waals surface area contributed by atoms with E-state index in [1.165, 1.54) is 0 Å². The van der Waals surface area contributed by atoms with Gasteiger partial charge < -0.3 is 52.3 Å². The van der Waals surface area contributed by atoms with Crippen molar-refractivity contribution >= 4 is 23.5 Å². The summed E-state index contributed by atoms with van der Waals surface area (Å²) in [6, 6.07) is 0. The molecular weight excluding hydrogens is 399 g/mol. The van der Waals surface area contributed by atoms with E-state index in [1.54, 1.807) is 0 Å². The summed E-state index contributed by atoms with van der Waals surface area (Å²) >= 11 is 0. The Hall–Kier alpha value is 2.47. The Kier molecular flexibility index (Phi) is 22.8. The number of rotatable bonds is 2. The molecule has 0 N–H and O–H groups in total. The number of hydrogen-bond donors (Lipinski definition) is 0. The predicted octanol–water partition coefficient (Wildman–Crippen LogP) is -9.17. The second kappa shape index (κ2) is 12.2. The Morgan fingerprint density at radius 1 is 0.706 bits per heavy atom. The van der Waals surface area contributed by atoms with Crippen molar-refractivity contribution in [1.82, 2.24) is 0 Å². The van der Waals surface area contributed by atoms with Crippen molar-refractivity contribution in [3.8, 4) is 0 Å². The zero-order valence-corrected chi connectivity index (χ0v) is 14.8. The predicted molar refractivity (Wildman–Crippen MR) is 23.9 cm³/mol. The second-order valence-corrected chi connectivity index (χ2v) is 4.76. The van der Waals surface area contributed by atoms with Gasteiger partial charge in [0.1, 0.15) is 0 Å². The quantitative estimate of drug-likeness (QED) is 0.313. The molecule has 11 nitrogen and oxygen atoms in total. The van der Waals surface area contributed by atoms with Gasteiger partial charge in [-0.1, -0.05) is 0 Å². The van der Waals surface area contributed by atoms with E-state index < -0.39 is 23.5 Å². The summed E-state index contributed by atoms with van der Waals surface area (Å²) in [4.78, 5) is 62.9. The molecule has 0 aliphatic carbocycles. The summed E-state index contributed by atoms with van der Waals surface area (Å²) in [5, 5.41) is 0. The van der Waals surface area contributed by atoms with Gasteiger partial charge in [-0.25, -0.2) is 0 Å². The Morgan fingerprint density at radius 2 is 0.824 bits per heavy atom. The first-order valence-corrected chi connectivity index (χ1v) is 6.57. The van der Waals surface area contributed by atoms with Gasteiger partial charge in [0, 0.05) is 0 Å². The maximum Gasteiger partial charge on any atom is 5.00 e. The molecule has 0 heterocycles. The van der Waals surface area contributed by atoms with E-state index in [1.807, 2.05) is 0 Å². The van der Waals surface area contributed by atoms with Crippen LogP contribution >= 0.6 is 23.5 Å². The van der Waals surface area contributed by atoms with Crippen LogP contribution in [0.15, 0.2) is 0 Å². The molecule has 0 aliphatic rings. The van der Waals surface area contributed by atoms with Gasteiger partial charge in [0.05, 0.1) is 15.6 Å². The Labute approximate surface area is 140 Å². The van der Waals surface area contributed by atoms with Gasteiger partial charge in [-0.2, -0.15) is 7.82 Å². The molecule has 0 bridgehead atoms. The molecule has 0 unspecified atom stereocenters. The van der Waals surface area contributed by atoms with Crippen LogP contribution in [-0.2, 0) is 53.6 Å². The van der Waals surface area contributed by atoms with Gasteiger partial charge in [0.2, 0.25) is 0 Å². The van der Waals surface area contributed by atoms with E-state index >= 15 is 0 Å². The minimum atomic E-state index is -5.68. The van der Waals surface area contributed by atoms with Crippen LogP contribution in [0.3, 0.4) is 0 Å². The van der Waals surface area contributed by atoms with Crippen LogP contribution in [0.2, 0.25) is 0 Å². The molecule has 0 saturated carbocycles. The first-order valence-electron chi connectivity index (χ1n) is 2.19. The molecule has 17 heteroatoms. The summed E-state index contributed by atoms with van der Waals surface area (Å²) in [6.07, 6.45) is 0. The van der Waals surface area contributed by atoms with E-state index in [2.05, 4.69) is 4.31 Å². The van der Waals surface area contributed by atoms with Crippen LogP contribution in [-0.4, -0.2) is 0 Å². The van der Waals surface area contributed by atoms with Gasteiger partial charge >= 0.3 is 65.2 Å². The third kappa shape index (κ3) is 69.8. The number of phosphoric acid groups is 3. The minimum Gasteiger partial charge on any atom is -0.822 e. The van der Waals surface area contributed by atoms with E-state index in [0.717, 1.165) is 0 Å². The Morgan fingerprint density at radius 3 is 0.824 bits per heavy atom. The molecule has 94 valence electrons. The number of hydrogen-bond acceptors (Lipinski definition) is 11. The van der Waals surface area contributed by atoms with Crippen molar-refractivity contribution in [2.24, 2.45) is 0 Å². The Balaban J connectivity index is -0.0000000533. The van der Waals surface area contributed by atoms with E-state index in [4.69, 9.17) is 19.2 Å². The average molecular weight is 399 g/mol. The van der Waals surface area contributed by atoms with Crippen molar-refractivity contribution in [3.05, 3.63) is 0 Å². The largest absolute Gasteiger partial charge is 5.00 e. The zero-order chi connectivity index (χ0) is 12.2. The van der Waals surface area contributed by atoms with Gasteiger partial charge in [0.15, 0.2) is 0 Å². The van der Waals surface area contributed by atoms with E-state index in [9.17, 15) is 28.7 Å². The van der Waals surface area contributed by atoms with E-state index in [0.29, 0.717) is 0 Å². The maximum atomic E-state index is 9.32. The third-order valence-corrected chi connectivity index (χ3v) is 1.80. The van der Waals surface area contributed by atoms with Gasteiger partial charge in [-0.3, -0.25) is 0 Å². The fourth-order valence-corrected chi connectivity index (χ4v) is 1.10. The van der Waals surface area contributed by atoms with Crippen LogP contribution in [0.25, 0.3) is 0 Å². The van der Waals surface area contributed by atoms with Crippen LogP contribution in [0.1, 0.15) is 0 Å². The van der Waals surface area contributed by atoms with E-state index in [-0.39, 0.29) is 65.2 Å². The fourth-order valence-electron chi connectivity index (χ4n) is 0.122. The minimum absolute atomic E-state index is 0. The van der Waals surface area contributed by atoms with Crippen molar-refractivity contribution in [2.45, 2.75) is 0 Å². The first-order chi connectivity index (χ1) is 5.71. The maximum absolute atomic E-state index is 9.32. The monoisotopic (exact) mass is 399 g/mol. The van der Waals surface area contributed by atoms with Gasteiger partial charge in [-0.05, 0) is 0 Å². The summed E-state index contributed by atoms with van der Waals surface area (Å²) in [7, 11) is -16.7. The normalized spacial score (nSPS) is 10.8. The molecule has 0 amide bonds. The molecule has 0 aromatic heterocycles. The van der Waals surface area contributed by atoms with Gasteiger partial charge in [-0.15, -0.1) is 0 Å². The Bertz CT molecular complexity index is 270. The molecular formula is FeNaO11P3V+. The second-order valence-electron chi connectivity index (χ2n) is 1.42. The molecule has 0 rings (SSSR count). The standard InChI is InChI=1S/Fe.Na.H4O7P2.H3O4P.V/c;;1-8(2,3)7-9(4,5)6;1-5(2,3)4;/h;;(H2,1,2,3)(H2,4,5,6);(H3,1,2,3,4);/q+2;+1;;;+5/p-7. The summed E-state index contributed by atoms with van der Waals surface area (Å²) < 4.78 is 29.7. The first kappa shape index (κ1) is 31.7. The smallest absolute Gasteiger partial charge is 0.822 e. The molecule has 17 heavy (non-hydrogen) atoms. The zero-order valence-electron chi connectivity index (χ0n) is 7.63. The SMILES string of the molecule is O=P([O-])([O-])OP(=O)([O-])[O-].O=P([O-])([O-])[O-].[Fe+2].[Na+].[V+5]. The summed E-state index contributed by atoms with van der Waals surface area (Å²) in [6.45, 7) is 0. The molecule has 0 radical (unpaired) electrons. The van der Waals surface area contributed by atoms with Crippen LogP contribution < -0.4 is 63.8 Å².